The van der Waals surface area contributed by atoms with Gasteiger partial charge >= 0.3 is 0 Å². The fourth-order valence-electron chi connectivity index (χ4n) is 9.81. The van der Waals surface area contributed by atoms with E-state index in [4.69, 9.17) is 18.9 Å². The molecule has 0 aromatic rings. The zero-order valence-corrected chi connectivity index (χ0v) is 47.5. The molecule has 2 fully saturated rings. The summed E-state index contributed by atoms with van der Waals surface area (Å²) in [7, 11) is 0. The summed E-state index contributed by atoms with van der Waals surface area (Å²) >= 11 is 0. The summed E-state index contributed by atoms with van der Waals surface area (Å²) in [5, 5.41) is 87.1. The van der Waals surface area contributed by atoms with Crippen LogP contribution in [0.5, 0.6) is 0 Å². The molecule has 12 unspecified atom stereocenters. The zero-order valence-electron chi connectivity index (χ0n) is 47.5. The predicted molar refractivity (Wildman–Crippen MR) is 304 cm³/mol. The van der Waals surface area contributed by atoms with E-state index in [-0.39, 0.29) is 18.9 Å². The normalized spacial score (nSPS) is 25.3. The number of aliphatic hydroxyl groups is 8. The lowest BCUT2D eigenvalue weighted by molar-refractivity contribution is -0.359. The maximum atomic E-state index is 13.3. The Balaban J connectivity index is 1.74. The smallest absolute Gasteiger partial charge is 0.220 e. The number of rotatable bonds is 48. The molecule has 12 atom stereocenters. The van der Waals surface area contributed by atoms with Gasteiger partial charge in [0.15, 0.2) is 12.6 Å². The number of ether oxygens (including phenoxy) is 4. The highest BCUT2D eigenvalue weighted by molar-refractivity contribution is 5.76. The molecule has 0 saturated carbocycles. The van der Waals surface area contributed by atoms with Gasteiger partial charge in [0.25, 0.3) is 0 Å². The molecule has 442 valence electrons. The van der Waals surface area contributed by atoms with Crippen molar-refractivity contribution in [1.82, 2.24) is 5.32 Å². The van der Waals surface area contributed by atoms with E-state index in [9.17, 15) is 45.6 Å². The highest BCUT2D eigenvalue weighted by Gasteiger charge is 2.51. The van der Waals surface area contributed by atoms with E-state index in [1.165, 1.54) is 135 Å². The Morgan fingerprint density at radius 2 is 0.908 bits per heavy atom. The second kappa shape index (κ2) is 47.5. The summed E-state index contributed by atoms with van der Waals surface area (Å²) in [5.74, 6) is -0.242. The van der Waals surface area contributed by atoms with Gasteiger partial charge < -0.3 is 65.1 Å². The fraction of sp³-hybridized carbons (Fsp3) is 0.823. The lowest BCUT2D eigenvalue weighted by Crippen LogP contribution is -2.65. The van der Waals surface area contributed by atoms with Gasteiger partial charge in [-0.2, -0.15) is 0 Å². The molecule has 0 aromatic heterocycles. The van der Waals surface area contributed by atoms with Gasteiger partial charge in [-0.15, -0.1) is 0 Å². The summed E-state index contributed by atoms with van der Waals surface area (Å²) < 4.78 is 22.8. The van der Waals surface area contributed by atoms with Gasteiger partial charge in [-0.05, 0) is 57.8 Å². The number of aliphatic hydroxyl groups excluding tert-OH is 8. The van der Waals surface area contributed by atoms with E-state index in [1.54, 1.807) is 6.08 Å². The molecule has 2 aliphatic rings. The first-order valence-electron chi connectivity index (χ1n) is 30.5. The molecule has 0 aliphatic carbocycles. The Morgan fingerprint density at radius 3 is 1.39 bits per heavy atom. The van der Waals surface area contributed by atoms with Crippen LogP contribution in [0.15, 0.2) is 60.8 Å². The van der Waals surface area contributed by atoms with Gasteiger partial charge in [0.2, 0.25) is 5.91 Å². The molecule has 76 heavy (non-hydrogen) atoms. The third-order valence-corrected chi connectivity index (χ3v) is 14.7. The molecule has 0 bridgehead atoms. The van der Waals surface area contributed by atoms with Crippen LogP contribution >= 0.6 is 0 Å². The van der Waals surface area contributed by atoms with Crippen molar-refractivity contribution in [3.63, 3.8) is 0 Å². The van der Waals surface area contributed by atoms with Gasteiger partial charge in [-0.1, -0.05) is 229 Å². The quantitative estimate of drug-likeness (QED) is 0.0204. The average molecular weight is 1080 g/mol. The van der Waals surface area contributed by atoms with Gasteiger partial charge in [-0.3, -0.25) is 4.79 Å². The second-order valence-corrected chi connectivity index (χ2v) is 21.5. The minimum Gasteiger partial charge on any atom is -0.394 e. The van der Waals surface area contributed by atoms with Gasteiger partial charge in [0.1, 0.15) is 48.8 Å². The SMILES string of the molecule is CC/C=C\C/C=C\C/C=C\C/C=C\CCCCCCCCCCCCCCC(=O)NC(COC1OC(CO)C(OC2OC(CO)C(O)C(O)C2O)C(O)C1O)C(O)/C=C/CCCCCCCCCCCCCCCCC. The topological polar surface area (TPSA) is 228 Å². The highest BCUT2D eigenvalue weighted by Crippen LogP contribution is 2.30. The number of allylic oxidation sites excluding steroid dienone is 9. The fourth-order valence-corrected chi connectivity index (χ4v) is 9.81. The Morgan fingerprint density at radius 1 is 0.487 bits per heavy atom. The van der Waals surface area contributed by atoms with Crippen LogP contribution in [-0.4, -0.2) is 140 Å². The molecule has 14 nitrogen and oxygen atoms in total. The van der Waals surface area contributed by atoms with Crippen molar-refractivity contribution < 1.29 is 64.6 Å². The summed E-state index contributed by atoms with van der Waals surface area (Å²) in [4.78, 5) is 13.3. The average Bonchev–Trinajstić information content (AvgIpc) is 3.42. The predicted octanol–water partition coefficient (Wildman–Crippen LogP) is 10.6. The molecule has 2 saturated heterocycles. The monoisotopic (exact) mass is 1080 g/mol. The first-order chi connectivity index (χ1) is 37.1. The van der Waals surface area contributed by atoms with Crippen molar-refractivity contribution in [2.24, 2.45) is 0 Å². The third kappa shape index (κ3) is 32.7. The Hall–Kier alpha value is -2.31. The minimum atomic E-state index is -1.79. The summed E-state index contributed by atoms with van der Waals surface area (Å²) in [6.45, 7) is 2.69. The Labute approximate surface area is 460 Å². The van der Waals surface area contributed by atoms with Crippen molar-refractivity contribution in [2.75, 3.05) is 19.8 Å². The van der Waals surface area contributed by atoms with Gasteiger partial charge in [-0.25, -0.2) is 0 Å². The van der Waals surface area contributed by atoms with Crippen LogP contribution in [0.1, 0.15) is 232 Å². The summed E-state index contributed by atoms with van der Waals surface area (Å²) in [6.07, 6.45) is 43.9. The number of amides is 1. The van der Waals surface area contributed by atoms with Crippen LogP contribution < -0.4 is 5.32 Å². The highest BCUT2D eigenvalue weighted by atomic mass is 16.7. The van der Waals surface area contributed by atoms with E-state index < -0.39 is 86.8 Å². The van der Waals surface area contributed by atoms with E-state index in [2.05, 4.69) is 67.8 Å². The number of nitrogens with one attached hydrogen (secondary N) is 1. The maximum absolute atomic E-state index is 13.3. The number of hydrogen-bond acceptors (Lipinski definition) is 13. The maximum Gasteiger partial charge on any atom is 0.220 e. The molecule has 0 aromatic carbocycles. The molecule has 2 heterocycles. The summed E-state index contributed by atoms with van der Waals surface area (Å²) in [6, 6.07) is -0.918. The molecule has 2 aliphatic heterocycles. The summed E-state index contributed by atoms with van der Waals surface area (Å²) in [5.41, 5.74) is 0. The van der Waals surface area contributed by atoms with Crippen LogP contribution in [0.2, 0.25) is 0 Å². The van der Waals surface area contributed by atoms with Crippen molar-refractivity contribution >= 4 is 5.91 Å². The molecule has 9 N–H and O–H groups in total. The van der Waals surface area contributed by atoms with E-state index in [0.717, 1.165) is 70.6 Å². The largest absolute Gasteiger partial charge is 0.394 e. The minimum absolute atomic E-state index is 0.242. The van der Waals surface area contributed by atoms with Crippen LogP contribution in [0.4, 0.5) is 0 Å². The van der Waals surface area contributed by atoms with Crippen molar-refractivity contribution in [2.45, 2.75) is 306 Å². The molecular formula is C62H111NO13. The first-order valence-corrected chi connectivity index (χ1v) is 30.5. The Bertz CT molecular complexity index is 1510. The van der Waals surface area contributed by atoms with E-state index in [1.807, 2.05) is 6.08 Å². The molecule has 0 radical (unpaired) electrons. The third-order valence-electron chi connectivity index (χ3n) is 14.7. The zero-order chi connectivity index (χ0) is 55.3. The lowest BCUT2D eigenvalue weighted by Gasteiger charge is -2.46. The molecule has 2 rings (SSSR count). The number of unbranched alkanes of at least 4 members (excludes halogenated alkanes) is 27. The van der Waals surface area contributed by atoms with Crippen molar-refractivity contribution in [3.05, 3.63) is 60.8 Å². The van der Waals surface area contributed by atoms with Crippen molar-refractivity contribution in [1.29, 1.82) is 0 Å². The molecular weight excluding hydrogens is 967 g/mol. The van der Waals surface area contributed by atoms with Gasteiger partial charge in [0.05, 0.1) is 32.0 Å². The first kappa shape index (κ1) is 69.8. The standard InChI is InChI=1S/C62H111NO13/c1-3-5-7-9-11-13-15-17-19-21-22-23-24-25-26-27-28-30-32-34-36-38-40-42-44-46-54(67)63-50(51(66)45-43-41-39-37-35-33-31-29-20-18-16-14-12-10-8-6-4-2)49-73-61-59(72)57(70)60(53(48-65)75-61)76-62-58(71)56(69)55(68)52(47-64)74-62/h5,7,11,13,17,19,22-23,43,45,50-53,55-62,64-66,68-72H,3-4,6,8-10,12,14-16,18,20-21,24-42,44,46-49H2,1-2H3,(H,63,67)/b7-5-,13-11-,19-17-,23-22-,45-43+. The number of carbonyl (C=O) groups excluding carboxylic acids is 1. The Kier molecular flexibility index (Phi) is 43.6. The molecule has 14 heteroatoms. The number of carbonyl (C=O) groups is 1. The van der Waals surface area contributed by atoms with E-state index >= 15 is 0 Å². The lowest BCUT2D eigenvalue weighted by atomic mass is 9.97. The molecule has 1 amide bonds. The number of hydrogen-bond donors (Lipinski definition) is 9. The molecule has 0 spiro atoms. The second-order valence-electron chi connectivity index (χ2n) is 21.5. The van der Waals surface area contributed by atoms with E-state index in [0.29, 0.717) is 6.42 Å². The van der Waals surface area contributed by atoms with Crippen LogP contribution in [0.3, 0.4) is 0 Å². The van der Waals surface area contributed by atoms with Crippen LogP contribution in [0, 0.1) is 0 Å². The van der Waals surface area contributed by atoms with Crippen LogP contribution in [-0.2, 0) is 23.7 Å². The van der Waals surface area contributed by atoms with Crippen molar-refractivity contribution in [3.8, 4) is 0 Å². The van der Waals surface area contributed by atoms with Gasteiger partial charge in [0, 0.05) is 6.42 Å². The van der Waals surface area contributed by atoms with Crippen LogP contribution in [0.25, 0.3) is 0 Å².